The monoisotopic (exact) mass is 1550 g/mol. The van der Waals surface area contributed by atoms with E-state index in [4.69, 9.17) is 4.42 Å². The van der Waals surface area contributed by atoms with Crippen molar-refractivity contribution in [1.82, 2.24) is 0 Å². The lowest BCUT2D eigenvalue weighted by molar-refractivity contribution is 0.665. The Morgan fingerprint density at radius 2 is 0.483 bits per heavy atom. The first-order chi connectivity index (χ1) is 59.5. The molecule has 0 saturated heterocycles. The summed E-state index contributed by atoms with van der Waals surface area (Å²) >= 11 is 1.89. The molecule has 0 fully saturated rings. The average Bonchev–Trinajstić information content (AvgIpc) is 1.54. The summed E-state index contributed by atoms with van der Waals surface area (Å²) in [6, 6.07) is 172. The van der Waals surface area contributed by atoms with Crippen molar-refractivity contribution in [2.75, 3.05) is 9.80 Å². The van der Waals surface area contributed by atoms with E-state index in [1.165, 1.54) is 137 Å². The highest BCUT2D eigenvalue weighted by Crippen LogP contribution is 2.59. The van der Waals surface area contributed by atoms with E-state index in [0.717, 1.165) is 61.6 Å². The minimum Gasteiger partial charge on any atom is -0.456 e. The molecule has 21 aromatic rings. The fraction of sp³-hybridized carbons (Fsp3) is 0.0172. The first kappa shape index (κ1) is 71.4. The van der Waals surface area contributed by atoms with Gasteiger partial charge in [-0.3, -0.25) is 0 Å². The molecular weight excluding hydrogens is 1470 g/mol. The molecular formula is C116H78N2OS. The van der Waals surface area contributed by atoms with E-state index in [9.17, 15) is 0 Å². The maximum atomic E-state index is 6.68. The third kappa shape index (κ3) is 12.3. The topological polar surface area (TPSA) is 19.6 Å². The second-order valence-electron chi connectivity index (χ2n) is 31.3. The van der Waals surface area contributed by atoms with Crippen LogP contribution in [0.3, 0.4) is 0 Å². The number of thiophene rings is 1. The van der Waals surface area contributed by atoms with E-state index in [2.05, 4.69) is 483 Å². The van der Waals surface area contributed by atoms with Crippen molar-refractivity contribution in [2.45, 2.75) is 10.8 Å². The van der Waals surface area contributed by atoms with Crippen molar-refractivity contribution in [3.05, 3.63) is 518 Å². The van der Waals surface area contributed by atoms with Crippen LogP contribution in [0.1, 0.15) is 44.5 Å². The molecule has 0 bridgehead atoms. The summed E-state index contributed by atoms with van der Waals surface area (Å²) in [6.07, 6.45) is 0. The lowest BCUT2D eigenvalue weighted by Crippen LogP contribution is -2.28. The summed E-state index contributed by atoms with van der Waals surface area (Å²) in [4.78, 5) is 4.67. The Bertz CT molecular complexity index is 7250. The van der Waals surface area contributed by atoms with Crippen molar-refractivity contribution in [1.29, 1.82) is 0 Å². The molecule has 2 heterocycles. The molecule has 0 radical (unpaired) electrons. The Hall–Kier alpha value is -15.2. The third-order valence-corrected chi connectivity index (χ3v) is 25.8. The Morgan fingerprint density at radius 3 is 0.983 bits per heavy atom. The van der Waals surface area contributed by atoms with Gasteiger partial charge in [-0.1, -0.05) is 364 Å². The number of hydrogen-bond acceptors (Lipinski definition) is 4. The second kappa shape index (κ2) is 30.1. The van der Waals surface area contributed by atoms with Crippen LogP contribution in [0.25, 0.3) is 120 Å². The number of nitrogens with zero attached hydrogens (tertiary/aromatic N) is 2. The number of benzene rings is 19. The lowest BCUT2D eigenvalue weighted by atomic mass is 9.67. The van der Waals surface area contributed by atoms with Gasteiger partial charge in [0.1, 0.15) is 11.2 Å². The summed E-state index contributed by atoms with van der Waals surface area (Å²) in [6.45, 7) is 0. The van der Waals surface area contributed by atoms with Crippen LogP contribution in [-0.4, -0.2) is 0 Å². The summed E-state index contributed by atoms with van der Waals surface area (Å²) in [7, 11) is 0. The molecule has 23 rings (SSSR count). The molecule has 120 heavy (non-hydrogen) atoms. The van der Waals surface area contributed by atoms with Crippen LogP contribution in [-0.2, 0) is 10.8 Å². The fourth-order valence-corrected chi connectivity index (χ4v) is 20.4. The highest BCUT2D eigenvalue weighted by Gasteiger charge is 2.48. The number of furan rings is 1. The highest BCUT2D eigenvalue weighted by atomic mass is 32.1. The SMILES string of the molecule is c1ccc(-c2ccc(N(c3cccc(-c4ccccc4)c3)c3cccc(-c4ccc5c(c4)sc4cc(C6(c7ccccc7)c7ccccc7-c7ccccc76)ccc45)c3)cc2)cc1.c1ccc(N(c2ccccc2)c2ccc(-c3cccc(-c4ccc5oc6cc(C7(c8ccccc8)c8ccccc8-c8ccccc87)ccc6c5c4)c3)cc2)cc1. The van der Waals surface area contributed by atoms with Gasteiger partial charge in [-0.2, -0.15) is 0 Å². The number of hydrogen-bond donors (Lipinski definition) is 0. The van der Waals surface area contributed by atoms with Gasteiger partial charge in [-0.25, -0.2) is 0 Å². The zero-order valence-corrected chi connectivity index (χ0v) is 66.6. The number of anilines is 6. The van der Waals surface area contributed by atoms with E-state index in [1.54, 1.807) is 0 Å². The lowest BCUT2D eigenvalue weighted by Gasteiger charge is -2.33. The van der Waals surface area contributed by atoms with Crippen molar-refractivity contribution in [2.24, 2.45) is 0 Å². The van der Waals surface area contributed by atoms with Gasteiger partial charge < -0.3 is 14.2 Å². The molecule has 4 heteroatoms. The third-order valence-electron chi connectivity index (χ3n) is 24.7. The molecule has 0 unspecified atom stereocenters. The minimum atomic E-state index is -0.465. The molecule has 0 atom stereocenters. The van der Waals surface area contributed by atoms with Gasteiger partial charge in [0.05, 0.1) is 10.8 Å². The van der Waals surface area contributed by atoms with E-state index >= 15 is 0 Å². The van der Waals surface area contributed by atoms with Gasteiger partial charge in [0.2, 0.25) is 0 Å². The summed E-state index contributed by atoms with van der Waals surface area (Å²) < 4.78 is 9.27. The summed E-state index contributed by atoms with van der Waals surface area (Å²) in [5.74, 6) is 0. The maximum absolute atomic E-state index is 6.68. The Balaban J connectivity index is 0.000000145. The van der Waals surface area contributed by atoms with Gasteiger partial charge in [0.15, 0.2) is 0 Å². The molecule has 19 aromatic carbocycles. The molecule has 0 amide bonds. The minimum absolute atomic E-state index is 0.418. The molecule has 2 aliphatic carbocycles. The van der Waals surface area contributed by atoms with Gasteiger partial charge in [-0.05, 0) is 232 Å². The van der Waals surface area contributed by atoms with Gasteiger partial charge in [-0.15, -0.1) is 11.3 Å². The standard InChI is InChI=1S/C61H41NS.C55H37NO/c1-4-16-42(17-5-1)44-30-34-50(35-31-44)62(51-24-14-20-45(38-51)43-18-6-2-7-19-43)52-25-15-21-46(39-52)47-32-36-55-56-37-33-49(41-60(56)63-59(55)40-47)61(48-22-8-3-9-23-48)57-28-12-10-26-53(57)54-27-11-13-29-58(54)61;1-4-17-42(18-5-1)55(51-25-12-10-23-47(51)48-24-11-13-26-52(48)55)43-30-33-49-50-36-41(29-34-53(50)57-54(49)37-43)40-16-14-15-39(35-40)38-27-31-46(32-28-38)56(44-19-6-2-7-20-44)45-21-8-3-9-22-45/h1-41H;1-37H. The first-order valence-electron chi connectivity index (χ1n) is 41.2. The van der Waals surface area contributed by atoms with Gasteiger partial charge in [0, 0.05) is 65.1 Å². The molecule has 3 nitrogen and oxygen atoms in total. The predicted octanol–water partition coefficient (Wildman–Crippen LogP) is 31.6. The Labute approximate surface area is 703 Å². The molecule has 0 aliphatic heterocycles. The summed E-state index contributed by atoms with van der Waals surface area (Å²) in [5, 5.41) is 4.82. The average molecular weight is 1550 g/mol. The normalized spacial score (nSPS) is 12.6. The van der Waals surface area contributed by atoms with Crippen LogP contribution in [0, 0.1) is 0 Å². The van der Waals surface area contributed by atoms with Gasteiger partial charge in [0.25, 0.3) is 0 Å². The van der Waals surface area contributed by atoms with Crippen molar-refractivity contribution >= 4 is 87.6 Å². The second-order valence-corrected chi connectivity index (χ2v) is 32.4. The van der Waals surface area contributed by atoms with Crippen LogP contribution >= 0.6 is 11.3 Å². The molecule has 564 valence electrons. The zero-order chi connectivity index (χ0) is 79.5. The summed E-state index contributed by atoms with van der Waals surface area (Å²) in [5.41, 5.74) is 34.9. The van der Waals surface area contributed by atoms with E-state index in [1.807, 2.05) is 11.3 Å². The highest BCUT2D eigenvalue weighted by molar-refractivity contribution is 7.25. The number of para-hydroxylation sites is 2. The molecule has 0 N–H and O–H groups in total. The fourth-order valence-electron chi connectivity index (χ4n) is 19.2. The van der Waals surface area contributed by atoms with E-state index < -0.39 is 10.8 Å². The Kier molecular flexibility index (Phi) is 17.9. The van der Waals surface area contributed by atoms with E-state index in [-0.39, 0.29) is 0 Å². The zero-order valence-electron chi connectivity index (χ0n) is 65.7. The number of fused-ring (bicyclic) bond motifs is 12. The molecule has 0 saturated carbocycles. The van der Waals surface area contributed by atoms with Crippen molar-refractivity contribution in [3.8, 4) is 77.9 Å². The van der Waals surface area contributed by atoms with Crippen molar-refractivity contribution in [3.63, 3.8) is 0 Å². The van der Waals surface area contributed by atoms with Gasteiger partial charge >= 0.3 is 0 Å². The van der Waals surface area contributed by atoms with Crippen LogP contribution in [0.5, 0.6) is 0 Å². The molecule has 0 spiro atoms. The quantitative estimate of drug-likeness (QED) is 0.102. The van der Waals surface area contributed by atoms with E-state index in [0.29, 0.717) is 0 Å². The molecule has 2 aromatic heterocycles. The smallest absolute Gasteiger partial charge is 0.135 e. The van der Waals surface area contributed by atoms with Crippen LogP contribution < -0.4 is 9.80 Å². The molecule has 2 aliphatic rings. The van der Waals surface area contributed by atoms with Crippen molar-refractivity contribution < 1.29 is 4.42 Å². The first-order valence-corrected chi connectivity index (χ1v) is 42.1. The maximum Gasteiger partial charge on any atom is 0.135 e. The van der Waals surface area contributed by atoms with Crippen LogP contribution in [0.2, 0.25) is 0 Å². The predicted molar refractivity (Wildman–Crippen MR) is 504 cm³/mol. The largest absolute Gasteiger partial charge is 0.456 e. The number of rotatable bonds is 15. The van der Waals surface area contributed by atoms with Crippen LogP contribution in [0.15, 0.2) is 478 Å². The van der Waals surface area contributed by atoms with Crippen LogP contribution in [0.4, 0.5) is 34.1 Å². The Morgan fingerprint density at radius 1 is 0.175 bits per heavy atom.